The SMILES string of the molecule is Cn1cc(NCc2ccsc2)cn1. The zero-order valence-electron chi connectivity index (χ0n) is 7.40. The molecule has 13 heavy (non-hydrogen) atoms. The zero-order chi connectivity index (χ0) is 9.10. The van der Waals surface area contributed by atoms with Gasteiger partial charge < -0.3 is 5.32 Å². The summed E-state index contributed by atoms with van der Waals surface area (Å²) in [7, 11) is 1.91. The molecule has 0 aliphatic heterocycles. The van der Waals surface area contributed by atoms with Gasteiger partial charge in [-0.3, -0.25) is 4.68 Å². The fourth-order valence-electron chi connectivity index (χ4n) is 1.11. The lowest BCUT2D eigenvalue weighted by molar-refractivity contribution is 0.768. The smallest absolute Gasteiger partial charge is 0.0729 e. The van der Waals surface area contributed by atoms with Crippen molar-refractivity contribution < 1.29 is 0 Å². The Bertz CT molecular complexity index is 364. The number of hydrogen-bond donors (Lipinski definition) is 1. The Kier molecular flexibility index (Phi) is 2.31. The van der Waals surface area contributed by atoms with E-state index in [-0.39, 0.29) is 0 Å². The van der Waals surface area contributed by atoms with Gasteiger partial charge in [-0.05, 0) is 22.4 Å². The second kappa shape index (κ2) is 3.62. The summed E-state index contributed by atoms with van der Waals surface area (Å²) in [6, 6.07) is 2.12. The van der Waals surface area contributed by atoms with E-state index in [2.05, 4.69) is 27.2 Å². The third-order valence-electron chi connectivity index (χ3n) is 1.78. The summed E-state index contributed by atoms with van der Waals surface area (Å²) >= 11 is 1.72. The van der Waals surface area contributed by atoms with Crippen molar-refractivity contribution in [2.75, 3.05) is 5.32 Å². The van der Waals surface area contributed by atoms with E-state index in [1.807, 2.05) is 19.4 Å². The molecule has 3 nitrogen and oxygen atoms in total. The predicted octanol–water partition coefficient (Wildman–Crippen LogP) is 2.09. The van der Waals surface area contributed by atoms with Crippen LogP contribution < -0.4 is 5.32 Å². The van der Waals surface area contributed by atoms with E-state index < -0.39 is 0 Å². The van der Waals surface area contributed by atoms with E-state index >= 15 is 0 Å². The molecule has 0 atom stereocenters. The molecule has 0 saturated heterocycles. The van der Waals surface area contributed by atoms with Gasteiger partial charge in [0.2, 0.25) is 0 Å². The van der Waals surface area contributed by atoms with Crippen LogP contribution in [-0.2, 0) is 13.6 Å². The molecule has 0 bridgehead atoms. The minimum absolute atomic E-state index is 0.870. The molecule has 0 aliphatic carbocycles. The van der Waals surface area contributed by atoms with Crippen LogP contribution in [0.25, 0.3) is 0 Å². The molecule has 2 rings (SSSR count). The van der Waals surface area contributed by atoms with Crippen LogP contribution in [0.4, 0.5) is 5.69 Å². The van der Waals surface area contributed by atoms with Crippen LogP contribution in [0.15, 0.2) is 29.2 Å². The fourth-order valence-corrected chi connectivity index (χ4v) is 1.78. The van der Waals surface area contributed by atoms with Crippen molar-refractivity contribution in [2.24, 2.45) is 7.05 Å². The number of aromatic nitrogens is 2. The molecule has 0 amide bonds. The summed E-state index contributed by atoms with van der Waals surface area (Å²) < 4.78 is 1.79. The minimum atomic E-state index is 0.870. The van der Waals surface area contributed by atoms with Crippen LogP contribution in [0.5, 0.6) is 0 Å². The van der Waals surface area contributed by atoms with Crippen molar-refractivity contribution >= 4 is 17.0 Å². The molecule has 0 radical (unpaired) electrons. The van der Waals surface area contributed by atoms with Gasteiger partial charge in [0, 0.05) is 19.8 Å². The Balaban J connectivity index is 1.93. The number of nitrogens with one attached hydrogen (secondary N) is 1. The maximum Gasteiger partial charge on any atom is 0.0729 e. The average Bonchev–Trinajstić information content (AvgIpc) is 2.71. The molecule has 68 valence electrons. The van der Waals surface area contributed by atoms with E-state index in [0.717, 1.165) is 12.2 Å². The molecule has 0 aromatic carbocycles. The summed E-state index contributed by atoms with van der Waals surface area (Å²) in [5.41, 5.74) is 2.38. The molecule has 4 heteroatoms. The molecule has 1 N–H and O–H groups in total. The van der Waals surface area contributed by atoms with Gasteiger partial charge in [-0.25, -0.2) is 0 Å². The molecule has 0 spiro atoms. The molecule has 2 aromatic rings. The van der Waals surface area contributed by atoms with Gasteiger partial charge >= 0.3 is 0 Å². The maximum absolute atomic E-state index is 4.07. The van der Waals surface area contributed by atoms with Crippen LogP contribution in [-0.4, -0.2) is 9.78 Å². The molecule has 0 saturated carbocycles. The van der Waals surface area contributed by atoms with Gasteiger partial charge in [0.25, 0.3) is 0 Å². The molecule has 2 heterocycles. The lowest BCUT2D eigenvalue weighted by Crippen LogP contribution is -1.96. The number of aryl methyl sites for hydroxylation is 1. The van der Waals surface area contributed by atoms with Crippen LogP contribution in [0.1, 0.15) is 5.56 Å². The highest BCUT2D eigenvalue weighted by molar-refractivity contribution is 7.07. The fraction of sp³-hybridized carbons (Fsp3) is 0.222. The highest BCUT2D eigenvalue weighted by Crippen LogP contribution is 2.09. The lowest BCUT2D eigenvalue weighted by atomic mass is 10.3. The standard InChI is InChI=1S/C9H11N3S/c1-12-6-9(5-11-12)10-4-8-2-3-13-7-8/h2-3,5-7,10H,4H2,1H3. The first-order valence-electron chi connectivity index (χ1n) is 4.08. The van der Waals surface area contributed by atoms with E-state index in [0.29, 0.717) is 0 Å². The highest BCUT2D eigenvalue weighted by atomic mass is 32.1. The highest BCUT2D eigenvalue weighted by Gasteiger charge is 1.95. The van der Waals surface area contributed by atoms with Crippen molar-refractivity contribution in [3.8, 4) is 0 Å². The predicted molar refractivity (Wildman–Crippen MR) is 54.9 cm³/mol. The first-order chi connectivity index (χ1) is 6.34. The molecule has 0 fully saturated rings. The largest absolute Gasteiger partial charge is 0.378 e. The zero-order valence-corrected chi connectivity index (χ0v) is 8.21. The lowest BCUT2D eigenvalue weighted by Gasteiger charge is -1.99. The summed E-state index contributed by atoms with van der Waals surface area (Å²) in [4.78, 5) is 0. The summed E-state index contributed by atoms with van der Waals surface area (Å²) in [6.07, 6.45) is 3.79. The van der Waals surface area contributed by atoms with Gasteiger partial charge in [0.15, 0.2) is 0 Å². The van der Waals surface area contributed by atoms with Crippen LogP contribution in [0.2, 0.25) is 0 Å². The summed E-state index contributed by atoms with van der Waals surface area (Å²) in [6.45, 7) is 0.870. The Hall–Kier alpha value is -1.29. The molecule has 2 aromatic heterocycles. The van der Waals surface area contributed by atoms with E-state index in [4.69, 9.17) is 0 Å². The third-order valence-corrected chi connectivity index (χ3v) is 2.51. The van der Waals surface area contributed by atoms with Crippen LogP contribution >= 0.6 is 11.3 Å². The van der Waals surface area contributed by atoms with Gasteiger partial charge in [-0.15, -0.1) is 0 Å². The molecule has 0 unspecified atom stereocenters. The number of rotatable bonds is 3. The van der Waals surface area contributed by atoms with Gasteiger partial charge in [0.05, 0.1) is 11.9 Å². The normalized spacial score (nSPS) is 10.2. The van der Waals surface area contributed by atoms with Crippen molar-refractivity contribution in [1.29, 1.82) is 0 Å². The number of hydrogen-bond acceptors (Lipinski definition) is 3. The monoisotopic (exact) mass is 193 g/mol. The quantitative estimate of drug-likeness (QED) is 0.809. The first-order valence-corrected chi connectivity index (χ1v) is 5.02. The molecular weight excluding hydrogens is 182 g/mol. The number of thiophene rings is 1. The van der Waals surface area contributed by atoms with E-state index in [1.54, 1.807) is 16.0 Å². The number of anilines is 1. The average molecular weight is 193 g/mol. The molecular formula is C9H11N3S. The Labute approximate surface area is 81.0 Å². The second-order valence-electron chi connectivity index (χ2n) is 2.89. The Morgan fingerprint density at radius 1 is 1.62 bits per heavy atom. The number of nitrogens with zero attached hydrogens (tertiary/aromatic N) is 2. The summed E-state index contributed by atoms with van der Waals surface area (Å²) in [5, 5.41) is 11.6. The van der Waals surface area contributed by atoms with Gasteiger partial charge in [-0.1, -0.05) is 0 Å². The van der Waals surface area contributed by atoms with Crippen LogP contribution in [0.3, 0.4) is 0 Å². The Morgan fingerprint density at radius 2 is 2.54 bits per heavy atom. The Morgan fingerprint density at radius 3 is 3.15 bits per heavy atom. The van der Waals surface area contributed by atoms with Crippen molar-refractivity contribution in [3.05, 3.63) is 34.8 Å². The van der Waals surface area contributed by atoms with Crippen molar-refractivity contribution in [1.82, 2.24) is 9.78 Å². The summed E-state index contributed by atoms with van der Waals surface area (Å²) in [5.74, 6) is 0. The van der Waals surface area contributed by atoms with Gasteiger partial charge in [0.1, 0.15) is 0 Å². The van der Waals surface area contributed by atoms with E-state index in [9.17, 15) is 0 Å². The van der Waals surface area contributed by atoms with Crippen molar-refractivity contribution in [2.45, 2.75) is 6.54 Å². The maximum atomic E-state index is 4.07. The third kappa shape index (κ3) is 2.09. The minimum Gasteiger partial charge on any atom is -0.378 e. The first kappa shape index (κ1) is 8.31. The molecule has 0 aliphatic rings. The van der Waals surface area contributed by atoms with Crippen molar-refractivity contribution in [3.63, 3.8) is 0 Å². The van der Waals surface area contributed by atoms with Crippen LogP contribution in [0, 0.1) is 0 Å². The van der Waals surface area contributed by atoms with E-state index in [1.165, 1.54) is 5.56 Å². The van der Waals surface area contributed by atoms with Gasteiger partial charge in [-0.2, -0.15) is 16.4 Å². The topological polar surface area (TPSA) is 29.9 Å². The second-order valence-corrected chi connectivity index (χ2v) is 3.67.